The highest BCUT2D eigenvalue weighted by Gasteiger charge is 2.13. The molecule has 2 aromatic rings. The topological polar surface area (TPSA) is 70.6 Å². The second-order valence-electron chi connectivity index (χ2n) is 5.02. The van der Waals surface area contributed by atoms with E-state index >= 15 is 0 Å². The van der Waals surface area contributed by atoms with E-state index in [2.05, 4.69) is 15.8 Å². The van der Waals surface area contributed by atoms with Crippen molar-refractivity contribution in [1.29, 1.82) is 0 Å². The van der Waals surface area contributed by atoms with Crippen molar-refractivity contribution in [3.8, 4) is 0 Å². The van der Waals surface area contributed by atoms with Crippen molar-refractivity contribution < 1.29 is 9.59 Å². The molecule has 2 aromatic carbocycles. The molecule has 0 atom stereocenters. The van der Waals surface area contributed by atoms with Crippen LogP contribution in [0.2, 0.25) is 5.02 Å². The third-order valence-corrected chi connectivity index (χ3v) is 3.34. The number of nitrogens with zero attached hydrogens (tertiary/aromatic N) is 1. The Balaban J connectivity index is 1.92. The number of benzene rings is 2. The summed E-state index contributed by atoms with van der Waals surface area (Å²) in [6.07, 6.45) is 1.43. The highest BCUT2D eigenvalue weighted by molar-refractivity contribution is 6.39. The van der Waals surface area contributed by atoms with E-state index in [0.717, 1.165) is 16.7 Å². The maximum Gasteiger partial charge on any atom is 0.329 e. The van der Waals surface area contributed by atoms with Gasteiger partial charge in [0.1, 0.15) is 0 Å². The molecule has 0 saturated heterocycles. The van der Waals surface area contributed by atoms with Crippen LogP contribution in [0.3, 0.4) is 0 Å². The van der Waals surface area contributed by atoms with E-state index in [0.29, 0.717) is 10.7 Å². The zero-order chi connectivity index (χ0) is 16.8. The number of hydrazone groups is 1. The van der Waals surface area contributed by atoms with Crippen LogP contribution < -0.4 is 10.7 Å². The minimum Gasteiger partial charge on any atom is -0.317 e. The number of rotatable bonds is 3. The van der Waals surface area contributed by atoms with E-state index < -0.39 is 11.8 Å². The molecule has 118 valence electrons. The molecule has 0 radical (unpaired) electrons. The fourth-order valence-corrected chi connectivity index (χ4v) is 2.02. The van der Waals surface area contributed by atoms with Gasteiger partial charge in [0.25, 0.3) is 0 Å². The van der Waals surface area contributed by atoms with Gasteiger partial charge in [-0.3, -0.25) is 9.59 Å². The number of amides is 2. The molecule has 0 saturated carbocycles. The van der Waals surface area contributed by atoms with Crippen LogP contribution in [0.25, 0.3) is 0 Å². The largest absolute Gasteiger partial charge is 0.329 e. The lowest BCUT2D eigenvalue weighted by atomic mass is 10.1. The highest BCUT2D eigenvalue weighted by atomic mass is 35.5. The molecule has 2 rings (SSSR count). The Morgan fingerprint density at radius 1 is 1.04 bits per heavy atom. The number of hydrogen-bond acceptors (Lipinski definition) is 3. The van der Waals surface area contributed by atoms with Gasteiger partial charge >= 0.3 is 11.8 Å². The van der Waals surface area contributed by atoms with E-state index in [4.69, 9.17) is 11.6 Å². The maximum atomic E-state index is 11.8. The lowest BCUT2D eigenvalue weighted by molar-refractivity contribution is -0.136. The summed E-state index contributed by atoms with van der Waals surface area (Å²) in [6, 6.07) is 12.4. The first-order chi connectivity index (χ1) is 11.0. The smallest absolute Gasteiger partial charge is 0.317 e. The van der Waals surface area contributed by atoms with Gasteiger partial charge in [0.15, 0.2) is 0 Å². The van der Waals surface area contributed by atoms with Crippen molar-refractivity contribution in [3.05, 3.63) is 64.2 Å². The quantitative estimate of drug-likeness (QED) is 0.516. The number of aryl methyl sites for hydroxylation is 2. The summed E-state index contributed by atoms with van der Waals surface area (Å²) < 4.78 is 0. The molecule has 0 bridgehead atoms. The van der Waals surface area contributed by atoms with Gasteiger partial charge in [0.05, 0.1) is 6.21 Å². The molecule has 0 aromatic heterocycles. The Kier molecular flexibility index (Phi) is 5.49. The molecule has 23 heavy (non-hydrogen) atoms. The summed E-state index contributed by atoms with van der Waals surface area (Å²) >= 11 is 5.77. The summed E-state index contributed by atoms with van der Waals surface area (Å²) in [7, 11) is 0. The second kappa shape index (κ2) is 7.56. The van der Waals surface area contributed by atoms with Crippen LogP contribution >= 0.6 is 11.6 Å². The average molecular weight is 330 g/mol. The van der Waals surface area contributed by atoms with E-state index in [1.54, 1.807) is 30.3 Å². The molecule has 0 unspecified atom stereocenters. The van der Waals surface area contributed by atoms with Crippen molar-refractivity contribution in [2.75, 3.05) is 5.32 Å². The van der Waals surface area contributed by atoms with Gasteiger partial charge in [0, 0.05) is 10.7 Å². The number of nitrogens with one attached hydrogen (secondary N) is 2. The van der Waals surface area contributed by atoms with E-state index in [1.165, 1.54) is 6.21 Å². The molecule has 0 aliphatic rings. The molecule has 6 heteroatoms. The standard InChI is InChI=1S/C17H16ClN3O2/c1-11-3-8-15(12(2)9-11)20-16(22)17(23)21-19-10-13-4-6-14(18)7-5-13/h3-10H,1-2H3,(H,20,22)(H,21,23)/b19-10+. The fraction of sp³-hybridized carbons (Fsp3) is 0.118. The first-order valence-corrected chi connectivity index (χ1v) is 7.31. The maximum absolute atomic E-state index is 11.8. The predicted octanol–water partition coefficient (Wildman–Crippen LogP) is 3.05. The van der Waals surface area contributed by atoms with Gasteiger partial charge in [-0.05, 0) is 43.2 Å². The summed E-state index contributed by atoms with van der Waals surface area (Å²) in [5.74, 6) is -1.61. The van der Waals surface area contributed by atoms with Gasteiger partial charge < -0.3 is 5.32 Å². The molecule has 0 aliphatic heterocycles. The van der Waals surface area contributed by atoms with Crippen molar-refractivity contribution in [2.45, 2.75) is 13.8 Å². The normalized spacial score (nSPS) is 10.6. The number of carbonyl (C=O) groups is 2. The van der Waals surface area contributed by atoms with E-state index in [9.17, 15) is 9.59 Å². The van der Waals surface area contributed by atoms with Crippen molar-refractivity contribution >= 4 is 35.3 Å². The number of carbonyl (C=O) groups excluding carboxylic acids is 2. The molecule has 0 heterocycles. The van der Waals surface area contributed by atoms with Crippen molar-refractivity contribution in [3.63, 3.8) is 0 Å². The van der Waals surface area contributed by atoms with Gasteiger partial charge in [0.2, 0.25) is 0 Å². The Bertz CT molecular complexity index is 755. The van der Waals surface area contributed by atoms with Crippen molar-refractivity contribution in [2.24, 2.45) is 5.10 Å². The van der Waals surface area contributed by atoms with Crippen LogP contribution in [0.15, 0.2) is 47.6 Å². The SMILES string of the molecule is Cc1ccc(NC(=O)C(=O)N/N=C/c2ccc(Cl)cc2)c(C)c1. The first kappa shape index (κ1) is 16.7. The summed E-state index contributed by atoms with van der Waals surface area (Å²) in [6.45, 7) is 3.82. The van der Waals surface area contributed by atoms with Crippen LogP contribution in [0, 0.1) is 13.8 Å². The third-order valence-electron chi connectivity index (χ3n) is 3.09. The van der Waals surface area contributed by atoms with Crippen LogP contribution in [0.5, 0.6) is 0 Å². The fourth-order valence-electron chi connectivity index (χ4n) is 1.90. The molecule has 0 aliphatic carbocycles. The summed E-state index contributed by atoms with van der Waals surface area (Å²) in [5.41, 5.74) is 5.50. The van der Waals surface area contributed by atoms with Gasteiger partial charge in [-0.1, -0.05) is 41.4 Å². The van der Waals surface area contributed by atoms with Crippen LogP contribution in [-0.2, 0) is 9.59 Å². The first-order valence-electron chi connectivity index (χ1n) is 6.93. The minimum absolute atomic E-state index is 0.595. The van der Waals surface area contributed by atoms with Gasteiger partial charge in [-0.2, -0.15) is 5.10 Å². The molecular weight excluding hydrogens is 314 g/mol. The Labute approximate surface area is 139 Å². The molecule has 5 nitrogen and oxygen atoms in total. The average Bonchev–Trinajstić information content (AvgIpc) is 2.51. The molecule has 0 spiro atoms. The number of hydrogen-bond donors (Lipinski definition) is 2. The van der Waals surface area contributed by atoms with E-state index in [-0.39, 0.29) is 0 Å². The highest BCUT2D eigenvalue weighted by Crippen LogP contribution is 2.15. The predicted molar refractivity (Wildman–Crippen MR) is 91.7 cm³/mol. The van der Waals surface area contributed by atoms with Gasteiger partial charge in [-0.15, -0.1) is 0 Å². The lowest BCUT2D eigenvalue weighted by Gasteiger charge is -2.08. The van der Waals surface area contributed by atoms with Crippen LogP contribution in [0.4, 0.5) is 5.69 Å². The molecule has 2 N–H and O–H groups in total. The third kappa shape index (κ3) is 4.93. The monoisotopic (exact) mass is 329 g/mol. The minimum atomic E-state index is -0.838. The molecule has 0 fully saturated rings. The van der Waals surface area contributed by atoms with E-state index in [1.807, 2.05) is 26.0 Å². The Hall–Kier alpha value is -2.66. The summed E-state index contributed by atoms with van der Waals surface area (Å²) in [5, 5.41) is 6.90. The van der Waals surface area contributed by atoms with Gasteiger partial charge in [-0.25, -0.2) is 5.43 Å². The second-order valence-corrected chi connectivity index (χ2v) is 5.46. The number of halogens is 1. The Morgan fingerprint density at radius 2 is 1.74 bits per heavy atom. The Morgan fingerprint density at radius 3 is 2.39 bits per heavy atom. The lowest BCUT2D eigenvalue weighted by Crippen LogP contribution is -2.32. The van der Waals surface area contributed by atoms with Crippen molar-refractivity contribution in [1.82, 2.24) is 5.43 Å². The summed E-state index contributed by atoms with van der Waals surface area (Å²) in [4.78, 5) is 23.5. The van der Waals surface area contributed by atoms with Crippen LogP contribution in [0.1, 0.15) is 16.7 Å². The number of anilines is 1. The molecular formula is C17H16ClN3O2. The molecule has 2 amide bonds. The zero-order valence-electron chi connectivity index (χ0n) is 12.8. The van der Waals surface area contributed by atoms with Crippen LogP contribution in [-0.4, -0.2) is 18.0 Å². The zero-order valence-corrected chi connectivity index (χ0v) is 13.5.